The summed E-state index contributed by atoms with van der Waals surface area (Å²) in [5, 5.41) is 3.19. The minimum atomic E-state index is -3.20. The van der Waals surface area contributed by atoms with Gasteiger partial charge in [0.1, 0.15) is 0 Å². The molecule has 0 atom stereocenters. The predicted octanol–water partition coefficient (Wildman–Crippen LogP) is 1.11. The molecule has 5 nitrogen and oxygen atoms in total. The van der Waals surface area contributed by atoms with Crippen molar-refractivity contribution >= 4 is 10.0 Å². The quantitative estimate of drug-likeness (QED) is 0.588. The van der Waals surface area contributed by atoms with Gasteiger partial charge in [0.25, 0.3) is 0 Å². The van der Waals surface area contributed by atoms with E-state index in [4.69, 9.17) is 4.74 Å². The van der Waals surface area contributed by atoms with Crippen LogP contribution in [0.3, 0.4) is 0 Å². The molecule has 0 unspecified atom stereocenters. The zero-order chi connectivity index (χ0) is 14.2. The van der Waals surface area contributed by atoms with Gasteiger partial charge in [-0.3, -0.25) is 0 Å². The van der Waals surface area contributed by atoms with Gasteiger partial charge >= 0.3 is 0 Å². The fourth-order valence-electron chi connectivity index (χ4n) is 1.45. The number of hydrogen-bond acceptors (Lipinski definition) is 4. The highest BCUT2D eigenvalue weighted by Gasteiger charge is 2.20. The smallest absolute Gasteiger partial charge is 0.211 e. The molecule has 6 heteroatoms. The predicted molar refractivity (Wildman–Crippen MR) is 75.3 cm³/mol. The first kappa shape index (κ1) is 17.8. The van der Waals surface area contributed by atoms with Crippen molar-refractivity contribution in [3.63, 3.8) is 0 Å². The van der Waals surface area contributed by atoms with Crippen LogP contribution in [0.5, 0.6) is 0 Å². The fraction of sp³-hybridized carbons (Fsp3) is 1.00. The molecule has 0 saturated carbocycles. The molecule has 2 N–H and O–H groups in total. The Bertz CT molecular complexity index is 313. The van der Waals surface area contributed by atoms with Gasteiger partial charge in [0.2, 0.25) is 10.0 Å². The van der Waals surface area contributed by atoms with E-state index in [1.165, 1.54) is 0 Å². The first-order valence-corrected chi connectivity index (χ1v) is 8.18. The Balaban J connectivity index is 3.94. The average Bonchev–Trinajstić information content (AvgIpc) is 2.22. The van der Waals surface area contributed by atoms with E-state index in [0.29, 0.717) is 32.2 Å². The maximum atomic E-state index is 11.7. The average molecular weight is 280 g/mol. The van der Waals surface area contributed by atoms with Crippen molar-refractivity contribution in [1.29, 1.82) is 0 Å². The van der Waals surface area contributed by atoms with E-state index in [9.17, 15) is 8.42 Å². The Hall–Kier alpha value is -0.170. The molecule has 0 amide bonds. The van der Waals surface area contributed by atoms with Gasteiger partial charge in [0, 0.05) is 19.2 Å². The molecule has 0 aliphatic rings. The molecule has 0 aliphatic carbocycles. The minimum absolute atomic E-state index is 0.148. The fourth-order valence-corrected chi connectivity index (χ4v) is 2.69. The normalized spacial score (nSPS) is 13.2. The molecule has 0 bridgehead atoms. The summed E-state index contributed by atoms with van der Waals surface area (Å²) in [4.78, 5) is 0. The van der Waals surface area contributed by atoms with Crippen molar-refractivity contribution in [2.75, 3.05) is 25.4 Å². The lowest BCUT2D eigenvalue weighted by atomic mass is 10.1. The molecule has 0 spiro atoms. The summed E-state index contributed by atoms with van der Waals surface area (Å²) in [7, 11) is -3.20. The zero-order valence-corrected chi connectivity index (χ0v) is 13.1. The van der Waals surface area contributed by atoms with Crippen LogP contribution in [-0.2, 0) is 14.8 Å². The lowest BCUT2D eigenvalue weighted by molar-refractivity contribution is -0.00514. The third-order valence-corrected chi connectivity index (χ3v) is 3.81. The second kappa shape index (κ2) is 8.09. The van der Waals surface area contributed by atoms with Gasteiger partial charge in [0.05, 0.1) is 11.4 Å². The molecule has 18 heavy (non-hydrogen) atoms. The maximum Gasteiger partial charge on any atom is 0.211 e. The first-order chi connectivity index (χ1) is 8.18. The summed E-state index contributed by atoms with van der Waals surface area (Å²) in [6.07, 6.45) is 0.614. The van der Waals surface area contributed by atoms with Crippen molar-refractivity contribution in [3.05, 3.63) is 0 Å². The molecule has 110 valence electrons. The zero-order valence-electron chi connectivity index (χ0n) is 12.2. The second-order valence-electron chi connectivity index (χ2n) is 5.30. The van der Waals surface area contributed by atoms with Crippen molar-refractivity contribution in [2.45, 2.75) is 52.7 Å². The topological polar surface area (TPSA) is 67.4 Å². The van der Waals surface area contributed by atoms with Gasteiger partial charge in [-0.15, -0.1) is 0 Å². The van der Waals surface area contributed by atoms with E-state index >= 15 is 0 Å². The summed E-state index contributed by atoms with van der Waals surface area (Å²) < 4.78 is 31.5. The van der Waals surface area contributed by atoms with Crippen molar-refractivity contribution in [1.82, 2.24) is 10.0 Å². The molecular formula is C12H28N2O3S. The molecule has 0 saturated heterocycles. The molecule has 0 fully saturated rings. The van der Waals surface area contributed by atoms with Gasteiger partial charge in [-0.2, -0.15) is 0 Å². The molecular weight excluding hydrogens is 252 g/mol. The van der Waals surface area contributed by atoms with Gasteiger partial charge in [-0.25, -0.2) is 13.1 Å². The Labute approximate surface area is 112 Å². The van der Waals surface area contributed by atoms with Crippen LogP contribution in [0.1, 0.15) is 41.0 Å². The lowest BCUT2D eigenvalue weighted by Gasteiger charge is -2.24. The SMILES string of the molecule is CCOC(C)(C)CNS(=O)(=O)CCCNC(C)C. The second-order valence-corrected chi connectivity index (χ2v) is 7.22. The van der Waals surface area contributed by atoms with E-state index < -0.39 is 15.6 Å². The first-order valence-electron chi connectivity index (χ1n) is 6.53. The lowest BCUT2D eigenvalue weighted by Crippen LogP contribution is -2.41. The molecule has 0 aromatic carbocycles. The molecule has 0 radical (unpaired) electrons. The van der Waals surface area contributed by atoms with E-state index in [2.05, 4.69) is 10.0 Å². The van der Waals surface area contributed by atoms with E-state index in [0.717, 1.165) is 0 Å². The van der Waals surface area contributed by atoms with Crippen LogP contribution in [-0.4, -0.2) is 45.5 Å². The Morgan fingerprint density at radius 3 is 2.39 bits per heavy atom. The molecule has 0 aliphatic heterocycles. The van der Waals surface area contributed by atoms with Crippen LogP contribution in [0.15, 0.2) is 0 Å². The summed E-state index contributed by atoms with van der Waals surface area (Å²) in [6, 6.07) is 0.387. The van der Waals surface area contributed by atoms with Crippen molar-refractivity contribution in [3.8, 4) is 0 Å². The summed E-state index contributed by atoms with van der Waals surface area (Å²) >= 11 is 0. The number of ether oxygens (including phenoxy) is 1. The highest BCUT2D eigenvalue weighted by molar-refractivity contribution is 7.89. The third-order valence-electron chi connectivity index (χ3n) is 2.40. The van der Waals surface area contributed by atoms with Crippen LogP contribution in [0.4, 0.5) is 0 Å². The highest BCUT2D eigenvalue weighted by Crippen LogP contribution is 2.07. The number of sulfonamides is 1. The monoisotopic (exact) mass is 280 g/mol. The number of rotatable bonds is 10. The van der Waals surface area contributed by atoms with Crippen molar-refractivity contribution < 1.29 is 13.2 Å². The van der Waals surface area contributed by atoms with Crippen LogP contribution in [0.25, 0.3) is 0 Å². The van der Waals surface area contributed by atoms with Gasteiger partial charge in [-0.1, -0.05) is 13.8 Å². The summed E-state index contributed by atoms with van der Waals surface area (Å²) in [6.45, 7) is 11.3. The number of nitrogens with one attached hydrogen (secondary N) is 2. The van der Waals surface area contributed by atoms with E-state index in [-0.39, 0.29) is 5.75 Å². The Kier molecular flexibility index (Phi) is 8.02. The Morgan fingerprint density at radius 2 is 1.89 bits per heavy atom. The molecule has 0 rings (SSSR count). The Morgan fingerprint density at radius 1 is 1.28 bits per heavy atom. The largest absolute Gasteiger partial charge is 0.375 e. The van der Waals surface area contributed by atoms with Crippen LogP contribution >= 0.6 is 0 Å². The number of hydrogen-bond donors (Lipinski definition) is 2. The third kappa shape index (κ3) is 9.82. The summed E-state index contributed by atoms with van der Waals surface area (Å²) in [5.41, 5.74) is -0.460. The van der Waals surface area contributed by atoms with Crippen LogP contribution < -0.4 is 10.0 Å². The maximum absolute atomic E-state index is 11.7. The van der Waals surface area contributed by atoms with Crippen molar-refractivity contribution in [2.24, 2.45) is 0 Å². The standard InChI is InChI=1S/C12H28N2O3S/c1-6-17-12(4,5)10-14-18(15,16)9-7-8-13-11(2)3/h11,13-14H,6-10H2,1-5H3. The van der Waals surface area contributed by atoms with Crippen LogP contribution in [0.2, 0.25) is 0 Å². The summed E-state index contributed by atoms with van der Waals surface area (Å²) in [5.74, 6) is 0.148. The van der Waals surface area contributed by atoms with Gasteiger partial charge in [0.15, 0.2) is 0 Å². The van der Waals surface area contributed by atoms with E-state index in [1.54, 1.807) is 0 Å². The minimum Gasteiger partial charge on any atom is -0.375 e. The molecule has 0 aromatic rings. The van der Waals surface area contributed by atoms with E-state index in [1.807, 2.05) is 34.6 Å². The van der Waals surface area contributed by atoms with Crippen LogP contribution in [0, 0.1) is 0 Å². The van der Waals surface area contributed by atoms with Gasteiger partial charge < -0.3 is 10.1 Å². The molecule has 0 aromatic heterocycles. The van der Waals surface area contributed by atoms with Gasteiger partial charge in [-0.05, 0) is 33.7 Å². The molecule has 0 heterocycles. The highest BCUT2D eigenvalue weighted by atomic mass is 32.2.